The Kier molecular flexibility index (Phi) is 5.08. The molecule has 124 valence electrons. The van der Waals surface area contributed by atoms with Gasteiger partial charge < -0.3 is 14.2 Å². The van der Waals surface area contributed by atoms with Crippen LogP contribution in [0, 0.1) is 6.92 Å². The first-order valence-electron chi connectivity index (χ1n) is 7.86. The number of aromatic nitrogens is 1. The average Bonchev–Trinajstić information content (AvgIpc) is 2.63. The van der Waals surface area contributed by atoms with Crippen molar-refractivity contribution in [3.05, 3.63) is 60.4 Å². The molecule has 0 saturated heterocycles. The van der Waals surface area contributed by atoms with Crippen LogP contribution in [0.4, 0.5) is 0 Å². The number of pyridine rings is 1. The highest BCUT2D eigenvalue weighted by Gasteiger charge is 2.11. The number of ether oxygens (including phenoxy) is 3. The number of hydrogen-bond acceptors (Lipinski definition) is 4. The maximum Gasteiger partial charge on any atom is 0.191 e. The summed E-state index contributed by atoms with van der Waals surface area (Å²) < 4.78 is 16.1. The fourth-order valence-corrected chi connectivity index (χ4v) is 2.75. The number of rotatable bonds is 6. The maximum absolute atomic E-state index is 5.82. The third kappa shape index (κ3) is 3.40. The van der Waals surface area contributed by atoms with Gasteiger partial charge in [-0.1, -0.05) is 30.3 Å². The molecule has 0 aliphatic heterocycles. The first kappa shape index (κ1) is 16.4. The fraction of sp³-hybridized carbons (Fsp3) is 0.250. The van der Waals surface area contributed by atoms with E-state index in [0.717, 1.165) is 33.3 Å². The van der Waals surface area contributed by atoms with E-state index in [4.69, 9.17) is 14.2 Å². The van der Waals surface area contributed by atoms with Crippen molar-refractivity contribution in [2.45, 2.75) is 13.2 Å². The van der Waals surface area contributed by atoms with Gasteiger partial charge in [-0.3, -0.25) is 4.98 Å². The second kappa shape index (κ2) is 7.43. The fourth-order valence-electron chi connectivity index (χ4n) is 2.75. The molecule has 0 aliphatic carbocycles. The summed E-state index contributed by atoms with van der Waals surface area (Å²) in [6.45, 7) is 2.37. The van der Waals surface area contributed by atoms with E-state index >= 15 is 0 Å². The van der Waals surface area contributed by atoms with E-state index < -0.39 is 0 Å². The minimum Gasteiger partial charge on any atom is -0.488 e. The summed E-state index contributed by atoms with van der Waals surface area (Å²) in [6.07, 6.45) is 1.52. The van der Waals surface area contributed by atoms with E-state index in [1.165, 1.54) is 0 Å². The van der Waals surface area contributed by atoms with Gasteiger partial charge in [0.25, 0.3) is 0 Å². The molecule has 1 heterocycles. The molecule has 24 heavy (non-hydrogen) atoms. The summed E-state index contributed by atoms with van der Waals surface area (Å²) in [5, 5.41) is 2.21. The third-order valence-corrected chi connectivity index (χ3v) is 4.03. The van der Waals surface area contributed by atoms with Crippen molar-refractivity contribution in [3.8, 4) is 16.9 Å². The summed E-state index contributed by atoms with van der Waals surface area (Å²) in [4.78, 5) is 4.53. The van der Waals surface area contributed by atoms with Crippen LogP contribution in [0.25, 0.3) is 21.9 Å². The zero-order chi connectivity index (χ0) is 16.9. The summed E-state index contributed by atoms with van der Waals surface area (Å²) in [7, 11) is 3.20. The number of fused-ring (bicyclic) bond motifs is 1. The van der Waals surface area contributed by atoms with Crippen molar-refractivity contribution in [3.63, 3.8) is 0 Å². The van der Waals surface area contributed by atoms with Crippen LogP contribution in [-0.2, 0) is 9.47 Å². The second-order valence-corrected chi connectivity index (χ2v) is 5.55. The Morgan fingerprint density at radius 2 is 1.75 bits per heavy atom. The molecule has 0 radical (unpaired) electrons. The van der Waals surface area contributed by atoms with E-state index in [1.807, 2.05) is 43.5 Å². The van der Waals surface area contributed by atoms with Crippen molar-refractivity contribution in [1.29, 1.82) is 0 Å². The predicted octanol–water partition coefficient (Wildman–Crippen LogP) is 4.21. The lowest BCUT2D eigenvalue weighted by Gasteiger charge is -2.15. The van der Waals surface area contributed by atoms with Crippen molar-refractivity contribution < 1.29 is 14.2 Å². The Balaban J connectivity index is 2.01. The quantitative estimate of drug-likeness (QED) is 0.637. The Hall–Kier alpha value is -2.43. The zero-order valence-electron chi connectivity index (χ0n) is 14.2. The molecule has 0 atom stereocenters. The molecular formula is C20H21NO3. The summed E-state index contributed by atoms with van der Waals surface area (Å²) in [5.74, 6) is 0.782. The van der Waals surface area contributed by atoms with Crippen LogP contribution >= 0.6 is 0 Å². The van der Waals surface area contributed by atoms with Gasteiger partial charge >= 0.3 is 0 Å². The van der Waals surface area contributed by atoms with Gasteiger partial charge in [-0.15, -0.1) is 0 Å². The summed E-state index contributed by atoms with van der Waals surface area (Å²) >= 11 is 0. The molecule has 3 rings (SSSR count). The lowest BCUT2D eigenvalue weighted by molar-refractivity contribution is -0.121. The summed E-state index contributed by atoms with van der Waals surface area (Å²) in [5.41, 5.74) is 3.28. The monoisotopic (exact) mass is 323 g/mol. The molecule has 0 unspecified atom stereocenters. The van der Waals surface area contributed by atoms with Gasteiger partial charge in [-0.2, -0.15) is 0 Å². The Labute approximate surface area is 142 Å². The minimum absolute atomic E-state index is 0.337. The van der Waals surface area contributed by atoms with Crippen molar-refractivity contribution >= 4 is 10.8 Å². The molecule has 3 aromatic rings. The van der Waals surface area contributed by atoms with Crippen molar-refractivity contribution in [1.82, 2.24) is 4.98 Å². The minimum atomic E-state index is -0.381. The van der Waals surface area contributed by atoms with Crippen LogP contribution in [0.2, 0.25) is 0 Å². The molecular weight excluding hydrogens is 302 g/mol. The van der Waals surface area contributed by atoms with Crippen LogP contribution in [0.15, 0.2) is 54.7 Å². The van der Waals surface area contributed by atoms with E-state index in [-0.39, 0.29) is 6.29 Å². The first-order chi connectivity index (χ1) is 11.7. The van der Waals surface area contributed by atoms with E-state index in [1.54, 1.807) is 14.2 Å². The van der Waals surface area contributed by atoms with E-state index in [0.29, 0.717) is 6.61 Å². The van der Waals surface area contributed by atoms with Gasteiger partial charge in [-0.05, 0) is 36.1 Å². The zero-order valence-corrected chi connectivity index (χ0v) is 14.2. The molecule has 0 saturated carbocycles. The summed E-state index contributed by atoms with van der Waals surface area (Å²) in [6, 6.07) is 16.3. The molecule has 0 spiro atoms. The lowest BCUT2D eigenvalue weighted by Crippen LogP contribution is -2.21. The second-order valence-electron chi connectivity index (χ2n) is 5.55. The molecule has 2 aromatic carbocycles. The highest BCUT2D eigenvalue weighted by molar-refractivity contribution is 5.97. The molecule has 0 amide bonds. The Morgan fingerprint density at radius 3 is 2.46 bits per heavy atom. The highest BCUT2D eigenvalue weighted by atomic mass is 16.7. The van der Waals surface area contributed by atoms with Gasteiger partial charge in [-0.25, -0.2) is 0 Å². The van der Waals surface area contributed by atoms with Crippen LogP contribution in [0.1, 0.15) is 5.69 Å². The van der Waals surface area contributed by atoms with Crippen molar-refractivity contribution in [2.75, 3.05) is 20.8 Å². The predicted molar refractivity (Wildman–Crippen MR) is 95.2 cm³/mol. The number of nitrogens with zero attached hydrogens (tertiary/aromatic N) is 1. The van der Waals surface area contributed by atoms with Gasteiger partial charge in [0, 0.05) is 37.1 Å². The lowest BCUT2D eigenvalue weighted by atomic mass is 9.98. The van der Waals surface area contributed by atoms with E-state index in [2.05, 4.69) is 23.2 Å². The first-order valence-corrected chi connectivity index (χ1v) is 7.86. The molecule has 0 fully saturated rings. The highest BCUT2D eigenvalue weighted by Crippen LogP contribution is 2.32. The van der Waals surface area contributed by atoms with Crippen LogP contribution in [0.5, 0.6) is 5.75 Å². The maximum atomic E-state index is 5.82. The van der Waals surface area contributed by atoms with Crippen molar-refractivity contribution in [2.24, 2.45) is 0 Å². The molecule has 4 nitrogen and oxygen atoms in total. The number of aryl methyl sites for hydroxylation is 1. The average molecular weight is 323 g/mol. The Morgan fingerprint density at radius 1 is 1.00 bits per heavy atom. The van der Waals surface area contributed by atoms with Crippen LogP contribution in [0.3, 0.4) is 0 Å². The number of hydrogen-bond donors (Lipinski definition) is 0. The van der Waals surface area contributed by atoms with Crippen LogP contribution in [-0.4, -0.2) is 32.1 Å². The number of methoxy groups -OCH3 is 2. The van der Waals surface area contributed by atoms with Gasteiger partial charge in [0.05, 0.1) is 0 Å². The van der Waals surface area contributed by atoms with Gasteiger partial charge in [0.1, 0.15) is 12.4 Å². The largest absolute Gasteiger partial charge is 0.488 e. The van der Waals surface area contributed by atoms with Crippen LogP contribution < -0.4 is 4.74 Å². The standard InChI is InChI=1S/C20H21NO3/c1-14-20(15-7-5-4-6-8-15)18-11-17(10-9-16(18)12-21-14)24-13-19(22-2)23-3/h4-12,19H,13H2,1-3H3. The normalized spacial score (nSPS) is 11.2. The van der Waals surface area contributed by atoms with E-state index in [9.17, 15) is 0 Å². The number of benzene rings is 2. The molecule has 0 N–H and O–H groups in total. The third-order valence-electron chi connectivity index (χ3n) is 4.03. The molecule has 0 bridgehead atoms. The van der Waals surface area contributed by atoms with Gasteiger partial charge in [0.15, 0.2) is 6.29 Å². The molecule has 0 aliphatic rings. The molecule has 1 aromatic heterocycles. The SMILES string of the molecule is COC(COc1ccc2cnc(C)c(-c3ccccc3)c2c1)OC. The smallest absolute Gasteiger partial charge is 0.191 e. The molecule has 4 heteroatoms. The topological polar surface area (TPSA) is 40.6 Å². The van der Waals surface area contributed by atoms with Gasteiger partial charge in [0.2, 0.25) is 0 Å². The Bertz CT molecular complexity index is 814.